The number of rotatable bonds is 6. The van der Waals surface area contributed by atoms with Gasteiger partial charge in [0.2, 0.25) is 5.71 Å². The summed E-state index contributed by atoms with van der Waals surface area (Å²) in [5, 5.41) is 2.71. The molecule has 1 fully saturated rings. The summed E-state index contributed by atoms with van der Waals surface area (Å²) in [7, 11) is -1.68. The van der Waals surface area contributed by atoms with Gasteiger partial charge in [-0.05, 0) is 59.8 Å². The van der Waals surface area contributed by atoms with Crippen LogP contribution in [0.3, 0.4) is 0 Å². The zero-order valence-corrected chi connectivity index (χ0v) is 30.4. The van der Waals surface area contributed by atoms with Gasteiger partial charge < -0.3 is 14.4 Å². The fourth-order valence-corrected chi connectivity index (χ4v) is 7.26. The molecule has 4 nitrogen and oxygen atoms in total. The predicted octanol–water partition coefficient (Wildman–Crippen LogP) is 10.1. The van der Waals surface area contributed by atoms with Crippen molar-refractivity contribution in [3.8, 4) is 22.5 Å². The Labute approximate surface area is 296 Å². The fourth-order valence-electron chi connectivity index (χ4n) is 5.85. The normalized spacial score (nSPS) is 16.3. The Morgan fingerprint density at radius 2 is 1.80 bits per heavy atom. The first-order valence-corrected chi connectivity index (χ1v) is 19.1. The smallest absolute Gasteiger partial charge is 0.216 e. The van der Waals surface area contributed by atoms with Crippen molar-refractivity contribution >= 4 is 35.3 Å². The van der Waals surface area contributed by atoms with Crippen LogP contribution in [0.15, 0.2) is 83.5 Å². The SMILES string of the molecule is [2H]C([2H])([2H])c1ccc2c(n1)oc1c(-c3cc(C([2H])(C)C)ccn3)[c-]ccc12.[2H]C([2H])(c1cc(-c2[c-]cccc2)ncc1[Si](C)(C)C)C1CCCC1.[Ir]. The second-order valence-corrected chi connectivity index (χ2v) is 18.0. The number of aryl methyl sites for hydroxylation is 1. The topological polar surface area (TPSA) is 51.8 Å². The molecule has 4 heterocycles. The van der Waals surface area contributed by atoms with Crippen LogP contribution in [0, 0.1) is 24.9 Å². The largest absolute Gasteiger partial charge is 0.486 e. The maximum absolute atomic E-state index is 8.90. The minimum Gasteiger partial charge on any atom is -0.486 e. The number of fused-ring (bicyclic) bond motifs is 3. The molecule has 4 aromatic heterocycles. The maximum Gasteiger partial charge on any atom is 0.216 e. The second-order valence-electron chi connectivity index (χ2n) is 12.9. The van der Waals surface area contributed by atoms with Crippen molar-refractivity contribution < 1.29 is 32.7 Å². The van der Waals surface area contributed by atoms with Crippen molar-refractivity contribution in [3.05, 3.63) is 108 Å². The first-order valence-electron chi connectivity index (χ1n) is 18.6. The van der Waals surface area contributed by atoms with Crippen LogP contribution in [0.2, 0.25) is 19.6 Å². The number of pyridine rings is 3. The van der Waals surface area contributed by atoms with Crippen LogP contribution in [0.5, 0.6) is 0 Å². The molecule has 0 atom stereocenters. The van der Waals surface area contributed by atoms with Crippen molar-refractivity contribution in [1.29, 1.82) is 0 Å². The Morgan fingerprint density at radius 3 is 2.52 bits per heavy atom. The van der Waals surface area contributed by atoms with E-state index in [1.165, 1.54) is 6.07 Å². The Balaban J connectivity index is 0.000000199. The van der Waals surface area contributed by atoms with Gasteiger partial charge in [-0.25, -0.2) is 4.98 Å². The molecule has 6 aromatic rings. The van der Waals surface area contributed by atoms with E-state index in [1.807, 2.05) is 68.6 Å². The molecule has 0 unspecified atom stereocenters. The zero-order valence-electron chi connectivity index (χ0n) is 33.0. The van der Waals surface area contributed by atoms with Crippen LogP contribution in [0.1, 0.15) is 70.5 Å². The predicted molar refractivity (Wildman–Crippen MR) is 190 cm³/mol. The van der Waals surface area contributed by atoms with Crippen LogP contribution in [0.25, 0.3) is 44.6 Å². The molecule has 0 saturated heterocycles. The number of nitrogens with zero attached hydrogens (tertiary/aromatic N) is 3. The third-order valence-electron chi connectivity index (χ3n) is 8.30. The summed E-state index contributed by atoms with van der Waals surface area (Å²) in [5.41, 5.74) is 5.59. The minimum absolute atomic E-state index is 0. The average Bonchev–Trinajstić information content (AvgIpc) is 3.77. The number of benzene rings is 2. The molecule has 0 N–H and O–H groups in total. The van der Waals surface area contributed by atoms with Gasteiger partial charge >= 0.3 is 0 Å². The number of hydrogen-bond acceptors (Lipinski definition) is 4. The van der Waals surface area contributed by atoms with E-state index in [0.717, 1.165) is 64.0 Å². The molecule has 1 radical (unpaired) electrons. The number of furan rings is 1. The summed E-state index contributed by atoms with van der Waals surface area (Å²) in [4.78, 5) is 13.3. The van der Waals surface area contributed by atoms with Crippen LogP contribution in [0.4, 0.5) is 0 Å². The summed E-state index contributed by atoms with van der Waals surface area (Å²) in [6.45, 7) is 8.15. The molecule has 0 bridgehead atoms. The van der Waals surface area contributed by atoms with E-state index in [4.69, 9.17) is 12.6 Å². The average molecular weight is 808 g/mol. The Morgan fingerprint density at radius 1 is 0.978 bits per heavy atom. The van der Waals surface area contributed by atoms with Gasteiger partial charge in [-0.15, -0.1) is 54.1 Å². The minimum atomic E-state index is -2.29. The molecule has 6 heteroatoms. The Hall–Kier alpha value is -3.44. The summed E-state index contributed by atoms with van der Waals surface area (Å²) in [5.74, 6) is -0.627. The quantitative estimate of drug-likeness (QED) is 0.124. The maximum atomic E-state index is 8.90. The second kappa shape index (κ2) is 14.5. The van der Waals surface area contributed by atoms with E-state index in [1.54, 1.807) is 18.3 Å². The van der Waals surface area contributed by atoms with Gasteiger partial charge in [-0.1, -0.05) is 93.4 Å². The van der Waals surface area contributed by atoms with Crippen molar-refractivity contribution in [2.45, 2.75) is 78.3 Å². The van der Waals surface area contributed by atoms with Crippen LogP contribution in [-0.2, 0) is 26.5 Å². The van der Waals surface area contributed by atoms with Gasteiger partial charge in [0.05, 0.1) is 13.7 Å². The molecule has 1 saturated carbocycles. The molecule has 0 spiro atoms. The molecule has 7 rings (SSSR count). The van der Waals surface area contributed by atoms with E-state index in [0.29, 0.717) is 16.8 Å². The van der Waals surface area contributed by atoms with E-state index in [2.05, 4.69) is 46.7 Å². The van der Waals surface area contributed by atoms with Crippen molar-refractivity contribution in [2.75, 3.05) is 0 Å². The van der Waals surface area contributed by atoms with Gasteiger partial charge in [-0.2, -0.15) is 0 Å². The van der Waals surface area contributed by atoms with E-state index < -0.39 is 27.2 Å². The van der Waals surface area contributed by atoms with Crippen LogP contribution >= 0.6 is 0 Å². The van der Waals surface area contributed by atoms with Crippen LogP contribution < -0.4 is 5.19 Å². The van der Waals surface area contributed by atoms with Gasteiger partial charge in [-0.3, -0.25) is 0 Å². The summed E-state index contributed by atoms with van der Waals surface area (Å²) in [6.07, 6.45) is 6.61. The molecule has 239 valence electrons. The number of aromatic nitrogens is 3. The standard InChI is InChI=1S/C20H17N2O.C20H26NSi.Ir/c1-12(2)14-9-10-21-18(11-14)17-6-4-5-15-16-8-7-13(3)22-20(16)23-19(15)17;1-22(2,3)20-15-21-19(17-11-5-4-6-12-17)14-18(20)13-16-9-7-8-10-16;/h4-5,7-12H,1-3H3;4-6,11,14-16H,7-10,13H2,1-3H3;/q2*-1;/i3D3,12D;13D2;. The van der Waals surface area contributed by atoms with Crippen molar-refractivity contribution in [1.82, 2.24) is 15.0 Å². The molecule has 0 aliphatic heterocycles. The molecule has 1 aliphatic carbocycles. The number of hydrogen-bond donors (Lipinski definition) is 0. The van der Waals surface area contributed by atoms with Gasteiger partial charge in [0.25, 0.3) is 0 Å². The molecular formula is C40H43IrN3OSi-2. The molecule has 0 amide bonds. The molecule has 1 aliphatic rings. The zero-order chi connectivity index (χ0) is 36.8. The first kappa shape index (κ1) is 26.6. The summed E-state index contributed by atoms with van der Waals surface area (Å²) in [6, 6.07) is 26.7. The summed E-state index contributed by atoms with van der Waals surface area (Å²) < 4.78 is 54.6. The van der Waals surface area contributed by atoms with Gasteiger partial charge in [0.15, 0.2) is 0 Å². The first-order chi connectivity index (χ1) is 23.9. The molecule has 46 heavy (non-hydrogen) atoms. The van der Waals surface area contributed by atoms with Gasteiger partial charge in [0.1, 0.15) is 0 Å². The molecule has 2 aromatic carbocycles. The third-order valence-corrected chi connectivity index (χ3v) is 10.3. The van der Waals surface area contributed by atoms with Crippen molar-refractivity contribution in [3.63, 3.8) is 0 Å². The van der Waals surface area contributed by atoms with E-state index >= 15 is 0 Å². The van der Waals surface area contributed by atoms with Crippen molar-refractivity contribution in [2.24, 2.45) is 5.92 Å². The fraction of sp³-hybridized carbons (Fsp3) is 0.325. The summed E-state index contributed by atoms with van der Waals surface area (Å²) >= 11 is 0. The monoisotopic (exact) mass is 808 g/mol. The van der Waals surface area contributed by atoms with Crippen LogP contribution in [-0.4, -0.2) is 23.0 Å². The molecular weight excluding hydrogens is 759 g/mol. The van der Waals surface area contributed by atoms with Gasteiger partial charge in [0, 0.05) is 51.8 Å². The Bertz CT molecular complexity index is 2170. The third kappa shape index (κ3) is 7.57. The van der Waals surface area contributed by atoms with E-state index in [9.17, 15) is 0 Å². The Kier molecular flexibility index (Phi) is 8.41. The van der Waals surface area contributed by atoms with E-state index in [-0.39, 0.29) is 37.4 Å².